The molecule has 0 radical (unpaired) electrons. The Balaban J connectivity index is 3.41. The van der Waals surface area contributed by atoms with Crippen molar-refractivity contribution in [2.45, 2.75) is 26.2 Å². The monoisotopic (exact) mass is 287 g/mol. The molecule has 0 N–H and O–H groups in total. The van der Waals surface area contributed by atoms with Crippen molar-refractivity contribution in [3.05, 3.63) is 32.8 Å². The fourth-order valence-electron chi connectivity index (χ4n) is 1.48. The Kier molecular flexibility index (Phi) is 4.36. The number of halogens is 1. The lowest BCUT2D eigenvalue weighted by atomic mass is 9.86. The fraction of sp³-hybridized carbons (Fsp3) is 0.417. The molecule has 1 aromatic rings. The van der Waals surface area contributed by atoms with E-state index in [1.807, 2.05) is 20.8 Å². The molecule has 0 spiro atoms. The molecule has 0 atom stereocenters. The van der Waals surface area contributed by atoms with Gasteiger partial charge in [0.05, 0.1) is 18.1 Å². The van der Waals surface area contributed by atoms with Gasteiger partial charge in [-0.1, -0.05) is 32.4 Å². The van der Waals surface area contributed by atoms with Crippen molar-refractivity contribution >= 4 is 23.4 Å². The smallest absolute Gasteiger partial charge is 0.437 e. The van der Waals surface area contributed by atoms with Crippen LogP contribution in [0.3, 0.4) is 0 Å². The highest BCUT2D eigenvalue weighted by Gasteiger charge is 2.26. The SMILES string of the molecule is COC(=O)Oc1cc([N+](=O)[O-])c(Cl)cc1C(C)(C)C. The predicted molar refractivity (Wildman–Crippen MR) is 69.8 cm³/mol. The molecule has 0 saturated carbocycles. The molecule has 19 heavy (non-hydrogen) atoms. The predicted octanol–water partition coefficient (Wildman–Crippen LogP) is 3.69. The average molecular weight is 288 g/mol. The van der Waals surface area contributed by atoms with E-state index in [0.29, 0.717) is 5.56 Å². The maximum atomic E-state index is 11.2. The summed E-state index contributed by atoms with van der Waals surface area (Å²) in [5.41, 5.74) is -0.149. The minimum atomic E-state index is -0.942. The van der Waals surface area contributed by atoms with E-state index in [-0.39, 0.29) is 16.5 Å². The summed E-state index contributed by atoms with van der Waals surface area (Å²) in [5, 5.41) is 10.8. The van der Waals surface area contributed by atoms with Crippen molar-refractivity contribution in [2.24, 2.45) is 0 Å². The summed E-state index contributed by atoms with van der Waals surface area (Å²) in [6, 6.07) is 2.55. The van der Waals surface area contributed by atoms with Gasteiger partial charge in [0.25, 0.3) is 5.69 Å². The molecule has 0 fully saturated rings. The topological polar surface area (TPSA) is 78.7 Å². The molecule has 0 heterocycles. The second-order valence-electron chi connectivity index (χ2n) is 4.86. The average Bonchev–Trinajstić information content (AvgIpc) is 2.28. The van der Waals surface area contributed by atoms with Crippen LogP contribution in [0.5, 0.6) is 5.75 Å². The van der Waals surface area contributed by atoms with Crippen molar-refractivity contribution in [1.29, 1.82) is 0 Å². The van der Waals surface area contributed by atoms with Crippen LogP contribution in [-0.2, 0) is 10.2 Å². The number of hydrogen-bond acceptors (Lipinski definition) is 5. The van der Waals surface area contributed by atoms with Gasteiger partial charge >= 0.3 is 6.16 Å². The van der Waals surface area contributed by atoms with Crippen molar-refractivity contribution in [3.63, 3.8) is 0 Å². The van der Waals surface area contributed by atoms with Crippen LogP contribution < -0.4 is 4.74 Å². The molecule has 1 rings (SSSR count). The molecule has 1 aromatic carbocycles. The lowest BCUT2D eigenvalue weighted by Gasteiger charge is -2.22. The lowest BCUT2D eigenvalue weighted by molar-refractivity contribution is -0.384. The van der Waals surface area contributed by atoms with Gasteiger partial charge in [0.1, 0.15) is 10.8 Å². The molecule has 0 aromatic heterocycles. The van der Waals surface area contributed by atoms with E-state index in [1.165, 1.54) is 6.07 Å². The van der Waals surface area contributed by atoms with E-state index in [0.717, 1.165) is 13.2 Å². The first-order chi connectivity index (χ1) is 8.66. The number of nitro benzene ring substituents is 1. The van der Waals surface area contributed by atoms with Crippen molar-refractivity contribution in [1.82, 2.24) is 0 Å². The van der Waals surface area contributed by atoms with Gasteiger partial charge in [0.2, 0.25) is 0 Å². The molecule has 6 nitrogen and oxygen atoms in total. The minimum Gasteiger partial charge on any atom is -0.437 e. The van der Waals surface area contributed by atoms with Crippen molar-refractivity contribution < 1.29 is 19.2 Å². The van der Waals surface area contributed by atoms with E-state index in [1.54, 1.807) is 0 Å². The van der Waals surface area contributed by atoms with Crippen LogP contribution in [0.15, 0.2) is 12.1 Å². The van der Waals surface area contributed by atoms with Gasteiger partial charge in [-0.05, 0) is 11.5 Å². The third-order valence-electron chi connectivity index (χ3n) is 2.41. The maximum absolute atomic E-state index is 11.2. The van der Waals surface area contributed by atoms with E-state index in [2.05, 4.69) is 4.74 Å². The van der Waals surface area contributed by atoms with Gasteiger partial charge in [0.15, 0.2) is 0 Å². The van der Waals surface area contributed by atoms with Crippen LogP contribution in [-0.4, -0.2) is 18.2 Å². The lowest BCUT2D eigenvalue weighted by Crippen LogP contribution is -2.16. The van der Waals surface area contributed by atoms with E-state index in [9.17, 15) is 14.9 Å². The number of carbonyl (C=O) groups is 1. The molecule has 0 amide bonds. The minimum absolute atomic E-state index is 0.00728. The summed E-state index contributed by atoms with van der Waals surface area (Å²) in [7, 11) is 1.16. The molecule has 0 aliphatic heterocycles. The summed E-state index contributed by atoms with van der Waals surface area (Å²) < 4.78 is 9.33. The van der Waals surface area contributed by atoms with Gasteiger partial charge in [-0.3, -0.25) is 10.1 Å². The summed E-state index contributed by atoms with van der Waals surface area (Å²) in [5.74, 6) is 0.0652. The number of rotatable bonds is 2. The summed E-state index contributed by atoms with van der Waals surface area (Å²) in [6.07, 6.45) is -0.942. The molecule has 0 saturated heterocycles. The number of methoxy groups -OCH3 is 1. The van der Waals surface area contributed by atoms with Gasteiger partial charge in [0, 0.05) is 5.56 Å². The first-order valence-corrected chi connectivity index (χ1v) is 5.79. The van der Waals surface area contributed by atoms with Crippen molar-refractivity contribution in [2.75, 3.05) is 7.11 Å². The Hall–Kier alpha value is -1.82. The van der Waals surface area contributed by atoms with Crippen LogP contribution >= 0.6 is 11.6 Å². The van der Waals surface area contributed by atoms with Gasteiger partial charge < -0.3 is 9.47 Å². The highest BCUT2D eigenvalue weighted by atomic mass is 35.5. The van der Waals surface area contributed by atoms with Crippen LogP contribution in [0.1, 0.15) is 26.3 Å². The van der Waals surface area contributed by atoms with Gasteiger partial charge in [-0.2, -0.15) is 0 Å². The highest BCUT2D eigenvalue weighted by molar-refractivity contribution is 6.32. The number of ether oxygens (including phenoxy) is 2. The molecule has 7 heteroatoms. The van der Waals surface area contributed by atoms with Crippen LogP contribution in [0.4, 0.5) is 10.5 Å². The number of carbonyl (C=O) groups excluding carboxylic acids is 1. The highest BCUT2D eigenvalue weighted by Crippen LogP contribution is 2.38. The normalized spacial score (nSPS) is 11.0. The van der Waals surface area contributed by atoms with Crippen LogP contribution in [0, 0.1) is 10.1 Å². The molecule has 104 valence electrons. The Morgan fingerprint density at radius 1 is 1.37 bits per heavy atom. The summed E-state index contributed by atoms with van der Waals surface area (Å²) in [4.78, 5) is 21.4. The third-order valence-corrected chi connectivity index (χ3v) is 2.72. The Bertz CT molecular complexity index is 522. The van der Waals surface area contributed by atoms with Crippen LogP contribution in [0.2, 0.25) is 5.02 Å². The molecular weight excluding hydrogens is 274 g/mol. The molecule has 0 unspecified atom stereocenters. The number of hydrogen-bond donors (Lipinski definition) is 0. The van der Waals surface area contributed by atoms with E-state index >= 15 is 0 Å². The van der Waals surface area contributed by atoms with Gasteiger partial charge in [-0.15, -0.1) is 0 Å². The van der Waals surface area contributed by atoms with E-state index < -0.39 is 16.5 Å². The quantitative estimate of drug-likeness (QED) is 0.359. The van der Waals surface area contributed by atoms with Gasteiger partial charge in [-0.25, -0.2) is 4.79 Å². The third kappa shape index (κ3) is 3.57. The zero-order valence-corrected chi connectivity index (χ0v) is 11.8. The first kappa shape index (κ1) is 15.2. The zero-order chi connectivity index (χ0) is 14.8. The first-order valence-electron chi connectivity index (χ1n) is 5.41. The Morgan fingerprint density at radius 3 is 2.37 bits per heavy atom. The van der Waals surface area contributed by atoms with E-state index in [4.69, 9.17) is 16.3 Å². The molecule has 0 bridgehead atoms. The largest absolute Gasteiger partial charge is 0.513 e. The van der Waals surface area contributed by atoms with Crippen LogP contribution in [0.25, 0.3) is 0 Å². The Labute approximate surface area is 115 Å². The number of benzene rings is 1. The molecular formula is C12H14ClNO5. The number of nitrogens with zero attached hydrogens (tertiary/aromatic N) is 1. The second kappa shape index (κ2) is 5.44. The standard InChI is InChI=1S/C12H14ClNO5/c1-12(2,3)7-5-8(13)9(14(16)17)6-10(7)19-11(15)18-4/h5-6H,1-4H3. The van der Waals surface area contributed by atoms with Crippen molar-refractivity contribution in [3.8, 4) is 5.75 Å². The molecule has 0 aliphatic rings. The fourth-order valence-corrected chi connectivity index (χ4v) is 1.72. The second-order valence-corrected chi connectivity index (χ2v) is 5.27. The Morgan fingerprint density at radius 2 is 1.95 bits per heavy atom. The number of nitro groups is 1. The zero-order valence-electron chi connectivity index (χ0n) is 11.0. The maximum Gasteiger partial charge on any atom is 0.513 e. The molecule has 0 aliphatic carbocycles. The summed E-state index contributed by atoms with van der Waals surface area (Å²) in [6.45, 7) is 5.61. The summed E-state index contributed by atoms with van der Waals surface area (Å²) >= 11 is 5.86.